The summed E-state index contributed by atoms with van der Waals surface area (Å²) in [6.45, 7) is 4.41. The van der Waals surface area contributed by atoms with Crippen molar-refractivity contribution in [1.29, 1.82) is 0 Å². The molecule has 1 aromatic rings. The Morgan fingerprint density at radius 1 is 1.36 bits per heavy atom. The summed E-state index contributed by atoms with van der Waals surface area (Å²) in [7, 11) is 1.71. The standard InChI is InChI=1S/C12H17ClO/c1-9(2)6-11-5-4-10(8-13)7-12(11)14-3/h4-5,7,9H,6,8H2,1-3H3. The van der Waals surface area contributed by atoms with E-state index in [-0.39, 0.29) is 0 Å². The first-order valence-electron chi connectivity index (χ1n) is 4.89. The van der Waals surface area contributed by atoms with Gasteiger partial charge in [0.05, 0.1) is 7.11 Å². The van der Waals surface area contributed by atoms with Crippen molar-refractivity contribution in [2.24, 2.45) is 5.92 Å². The summed E-state index contributed by atoms with van der Waals surface area (Å²) in [5, 5.41) is 0. The molecule has 0 bridgehead atoms. The predicted octanol–water partition coefficient (Wildman–Crippen LogP) is 3.63. The lowest BCUT2D eigenvalue weighted by Gasteiger charge is -2.11. The highest BCUT2D eigenvalue weighted by Crippen LogP contribution is 2.23. The van der Waals surface area contributed by atoms with Crippen LogP contribution in [0.25, 0.3) is 0 Å². The SMILES string of the molecule is COc1cc(CCl)ccc1CC(C)C. The molecule has 0 radical (unpaired) electrons. The van der Waals surface area contributed by atoms with E-state index in [4.69, 9.17) is 16.3 Å². The van der Waals surface area contributed by atoms with Crippen LogP contribution in [0.4, 0.5) is 0 Å². The second-order valence-electron chi connectivity index (χ2n) is 3.88. The van der Waals surface area contributed by atoms with E-state index in [0.717, 1.165) is 17.7 Å². The predicted molar refractivity (Wildman–Crippen MR) is 61.1 cm³/mol. The van der Waals surface area contributed by atoms with Gasteiger partial charge >= 0.3 is 0 Å². The van der Waals surface area contributed by atoms with Crippen molar-refractivity contribution in [3.8, 4) is 5.75 Å². The van der Waals surface area contributed by atoms with Gasteiger partial charge in [0.1, 0.15) is 5.75 Å². The van der Waals surface area contributed by atoms with E-state index < -0.39 is 0 Å². The van der Waals surface area contributed by atoms with E-state index in [1.165, 1.54) is 5.56 Å². The molecule has 1 aromatic carbocycles. The Labute approximate surface area is 91.0 Å². The molecule has 0 fully saturated rings. The van der Waals surface area contributed by atoms with E-state index >= 15 is 0 Å². The molecule has 14 heavy (non-hydrogen) atoms. The Morgan fingerprint density at radius 2 is 2.07 bits per heavy atom. The molecule has 0 amide bonds. The monoisotopic (exact) mass is 212 g/mol. The Kier molecular flexibility index (Phi) is 4.27. The molecule has 0 N–H and O–H groups in total. The van der Waals surface area contributed by atoms with Crippen molar-refractivity contribution in [3.05, 3.63) is 29.3 Å². The molecule has 78 valence electrons. The number of benzene rings is 1. The topological polar surface area (TPSA) is 9.23 Å². The third-order valence-corrected chi connectivity index (χ3v) is 2.44. The summed E-state index contributed by atoms with van der Waals surface area (Å²) >= 11 is 5.76. The molecule has 0 atom stereocenters. The zero-order chi connectivity index (χ0) is 10.6. The fraction of sp³-hybridized carbons (Fsp3) is 0.500. The second kappa shape index (κ2) is 5.26. The zero-order valence-corrected chi connectivity index (χ0v) is 9.77. The molecule has 0 aromatic heterocycles. The molecular weight excluding hydrogens is 196 g/mol. The summed E-state index contributed by atoms with van der Waals surface area (Å²) in [5.74, 6) is 2.14. The first-order chi connectivity index (χ1) is 6.67. The molecule has 0 aliphatic heterocycles. The fourth-order valence-electron chi connectivity index (χ4n) is 1.48. The van der Waals surface area contributed by atoms with Gasteiger partial charge in [0.25, 0.3) is 0 Å². The van der Waals surface area contributed by atoms with E-state index in [1.807, 2.05) is 6.07 Å². The van der Waals surface area contributed by atoms with Crippen molar-refractivity contribution in [2.75, 3.05) is 7.11 Å². The van der Waals surface area contributed by atoms with Crippen LogP contribution >= 0.6 is 11.6 Å². The lowest BCUT2D eigenvalue weighted by molar-refractivity contribution is 0.406. The smallest absolute Gasteiger partial charge is 0.122 e. The third-order valence-electron chi connectivity index (χ3n) is 2.13. The quantitative estimate of drug-likeness (QED) is 0.693. The van der Waals surface area contributed by atoms with Crippen LogP contribution in [0.15, 0.2) is 18.2 Å². The van der Waals surface area contributed by atoms with Gasteiger partial charge in [-0.1, -0.05) is 26.0 Å². The number of halogens is 1. The summed E-state index contributed by atoms with van der Waals surface area (Å²) in [6, 6.07) is 6.19. The highest BCUT2D eigenvalue weighted by Gasteiger charge is 2.05. The molecule has 0 spiro atoms. The number of ether oxygens (including phenoxy) is 1. The maximum absolute atomic E-state index is 5.76. The Morgan fingerprint density at radius 3 is 2.57 bits per heavy atom. The van der Waals surface area contributed by atoms with Gasteiger partial charge in [0, 0.05) is 5.88 Å². The Balaban J connectivity index is 2.93. The van der Waals surface area contributed by atoms with Gasteiger partial charge in [0.2, 0.25) is 0 Å². The first kappa shape index (κ1) is 11.4. The molecule has 1 nitrogen and oxygen atoms in total. The molecule has 0 saturated heterocycles. The van der Waals surface area contributed by atoms with Gasteiger partial charge in [-0.3, -0.25) is 0 Å². The van der Waals surface area contributed by atoms with Gasteiger partial charge in [-0.05, 0) is 29.5 Å². The fourth-order valence-corrected chi connectivity index (χ4v) is 1.65. The van der Waals surface area contributed by atoms with Crippen LogP contribution < -0.4 is 4.74 Å². The average molecular weight is 213 g/mol. The summed E-state index contributed by atoms with van der Waals surface area (Å²) in [6.07, 6.45) is 1.05. The Bertz CT molecular complexity index is 294. The summed E-state index contributed by atoms with van der Waals surface area (Å²) < 4.78 is 5.33. The van der Waals surface area contributed by atoms with Crippen LogP contribution in [0.2, 0.25) is 0 Å². The minimum absolute atomic E-state index is 0.540. The van der Waals surface area contributed by atoms with Crippen molar-refractivity contribution in [3.63, 3.8) is 0 Å². The highest BCUT2D eigenvalue weighted by molar-refractivity contribution is 6.17. The molecule has 0 heterocycles. The maximum atomic E-state index is 5.76. The van der Waals surface area contributed by atoms with Gasteiger partial charge in [0.15, 0.2) is 0 Å². The molecular formula is C12H17ClO. The molecule has 0 aliphatic carbocycles. The van der Waals surface area contributed by atoms with E-state index in [2.05, 4.69) is 26.0 Å². The van der Waals surface area contributed by atoms with Gasteiger partial charge in [-0.2, -0.15) is 0 Å². The normalized spacial score (nSPS) is 10.6. The van der Waals surface area contributed by atoms with Gasteiger partial charge in [-0.15, -0.1) is 11.6 Å². The minimum atomic E-state index is 0.540. The van der Waals surface area contributed by atoms with Crippen LogP contribution in [0.1, 0.15) is 25.0 Å². The van der Waals surface area contributed by atoms with E-state index in [1.54, 1.807) is 7.11 Å². The lowest BCUT2D eigenvalue weighted by Crippen LogP contribution is -1.98. The summed E-state index contributed by atoms with van der Waals surface area (Å²) in [5.41, 5.74) is 2.37. The second-order valence-corrected chi connectivity index (χ2v) is 4.15. The van der Waals surface area contributed by atoms with Crippen LogP contribution in [0.5, 0.6) is 5.75 Å². The number of hydrogen-bond acceptors (Lipinski definition) is 1. The van der Waals surface area contributed by atoms with Crippen molar-refractivity contribution in [1.82, 2.24) is 0 Å². The van der Waals surface area contributed by atoms with Crippen LogP contribution in [0.3, 0.4) is 0 Å². The molecule has 1 rings (SSSR count). The van der Waals surface area contributed by atoms with E-state index in [9.17, 15) is 0 Å². The number of methoxy groups -OCH3 is 1. The van der Waals surface area contributed by atoms with Crippen LogP contribution in [0, 0.1) is 5.92 Å². The number of rotatable bonds is 4. The first-order valence-corrected chi connectivity index (χ1v) is 5.42. The molecule has 0 unspecified atom stereocenters. The van der Waals surface area contributed by atoms with Crippen LogP contribution in [-0.4, -0.2) is 7.11 Å². The zero-order valence-electron chi connectivity index (χ0n) is 9.01. The van der Waals surface area contributed by atoms with Gasteiger partial charge < -0.3 is 4.74 Å². The molecule has 0 aliphatic rings. The largest absolute Gasteiger partial charge is 0.496 e. The highest BCUT2D eigenvalue weighted by atomic mass is 35.5. The number of alkyl halides is 1. The molecule has 2 heteroatoms. The van der Waals surface area contributed by atoms with Crippen molar-refractivity contribution >= 4 is 11.6 Å². The van der Waals surface area contributed by atoms with Crippen LogP contribution in [-0.2, 0) is 12.3 Å². The van der Waals surface area contributed by atoms with Crippen molar-refractivity contribution < 1.29 is 4.74 Å². The summed E-state index contributed by atoms with van der Waals surface area (Å²) in [4.78, 5) is 0. The minimum Gasteiger partial charge on any atom is -0.496 e. The van der Waals surface area contributed by atoms with Gasteiger partial charge in [-0.25, -0.2) is 0 Å². The average Bonchev–Trinajstić information content (AvgIpc) is 2.17. The third kappa shape index (κ3) is 2.91. The lowest BCUT2D eigenvalue weighted by atomic mass is 10.0. The maximum Gasteiger partial charge on any atom is 0.122 e. The van der Waals surface area contributed by atoms with E-state index in [0.29, 0.717) is 11.8 Å². The molecule has 0 saturated carbocycles. The number of hydrogen-bond donors (Lipinski definition) is 0. The Hall–Kier alpha value is -0.690. The van der Waals surface area contributed by atoms with Crippen molar-refractivity contribution in [2.45, 2.75) is 26.1 Å².